The molecule has 5 nitrogen and oxygen atoms in total. The zero-order valence-electron chi connectivity index (χ0n) is 15.3. The maximum Gasteiger partial charge on any atom is 0.261 e. The van der Waals surface area contributed by atoms with Crippen LogP contribution in [0.1, 0.15) is 5.56 Å². The van der Waals surface area contributed by atoms with Crippen molar-refractivity contribution in [1.29, 1.82) is 0 Å². The Morgan fingerprint density at radius 2 is 1.46 bits per heavy atom. The summed E-state index contributed by atoms with van der Waals surface area (Å²) < 4.78 is 27.4. The monoisotopic (exact) mass is 412 g/mol. The molecule has 0 fully saturated rings. The third-order valence-electron chi connectivity index (χ3n) is 3.87. The van der Waals surface area contributed by atoms with Gasteiger partial charge in [0.15, 0.2) is 0 Å². The van der Waals surface area contributed by atoms with E-state index in [1.54, 1.807) is 48.5 Å². The average Bonchev–Trinajstić information content (AvgIpc) is 2.69. The van der Waals surface area contributed by atoms with E-state index >= 15 is 0 Å². The van der Waals surface area contributed by atoms with Gasteiger partial charge in [0.05, 0.1) is 10.6 Å². The van der Waals surface area contributed by atoms with Crippen molar-refractivity contribution in [1.82, 2.24) is 0 Å². The minimum Gasteiger partial charge on any atom is -0.325 e. The Hall–Kier alpha value is -2.77. The van der Waals surface area contributed by atoms with Crippen LogP contribution < -0.4 is 10.0 Å². The molecule has 0 aromatic heterocycles. The molecule has 0 aliphatic rings. The van der Waals surface area contributed by atoms with Crippen LogP contribution in [0.3, 0.4) is 0 Å². The lowest BCUT2D eigenvalue weighted by molar-refractivity contribution is -0.113. The molecule has 7 heteroatoms. The molecule has 0 heterocycles. The first kappa shape index (κ1) is 20.0. The zero-order valence-corrected chi connectivity index (χ0v) is 16.9. The first-order valence-corrected chi connectivity index (χ1v) is 11.1. The van der Waals surface area contributed by atoms with Gasteiger partial charge in [-0.3, -0.25) is 9.52 Å². The highest BCUT2D eigenvalue weighted by Gasteiger charge is 2.13. The third kappa shape index (κ3) is 5.61. The first-order valence-electron chi connectivity index (χ1n) is 8.60. The van der Waals surface area contributed by atoms with Gasteiger partial charge in [-0.25, -0.2) is 8.42 Å². The molecule has 0 unspecified atom stereocenters. The van der Waals surface area contributed by atoms with Crippen molar-refractivity contribution in [3.63, 3.8) is 0 Å². The number of benzene rings is 3. The maximum absolute atomic E-state index is 12.4. The van der Waals surface area contributed by atoms with E-state index in [0.29, 0.717) is 17.1 Å². The average molecular weight is 413 g/mol. The molecule has 0 radical (unpaired) electrons. The molecule has 0 atom stereocenters. The van der Waals surface area contributed by atoms with E-state index in [1.165, 1.54) is 11.8 Å². The van der Waals surface area contributed by atoms with Gasteiger partial charge in [0.2, 0.25) is 5.91 Å². The fraction of sp³-hybridized carbons (Fsp3) is 0.0952. The summed E-state index contributed by atoms with van der Waals surface area (Å²) in [4.78, 5) is 13.3. The van der Waals surface area contributed by atoms with Crippen molar-refractivity contribution in [2.75, 3.05) is 15.8 Å². The van der Waals surface area contributed by atoms with Gasteiger partial charge in [-0.2, -0.15) is 0 Å². The minimum atomic E-state index is -3.65. The maximum atomic E-state index is 12.4. The van der Waals surface area contributed by atoms with E-state index in [1.807, 2.05) is 37.3 Å². The quantitative estimate of drug-likeness (QED) is 0.559. The molecule has 0 saturated heterocycles. The second-order valence-electron chi connectivity index (χ2n) is 6.15. The van der Waals surface area contributed by atoms with Crippen molar-refractivity contribution in [3.8, 4) is 0 Å². The van der Waals surface area contributed by atoms with Gasteiger partial charge >= 0.3 is 0 Å². The smallest absolute Gasteiger partial charge is 0.261 e. The lowest BCUT2D eigenvalue weighted by Crippen LogP contribution is -2.15. The highest BCUT2D eigenvalue weighted by Crippen LogP contribution is 2.20. The van der Waals surface area contributed by atoms with Crippen molar-refractivity contribution in [3.05, 3.63) is 84.4 Å². The molecule has 0 spiro atoms. The predicted octanol–water partition coefficient (Wildman–Crippen LogP) is 4.53. The van der Waals surface area contributed by atoms with E-state index in [2.05, 4.69) is 10.0 Å². The summed E-state index contributed by atoms with van der Waals surface area (Å²) in [6.07, 6.45) is 0. The second kappa shape index (κ2) is 8.95. The summed E-state index contributed by atoms with van der Waals surface area (Å²) >= 11 is 1.45. The number of thioether (sulfide) groups is 1. The lowest BCUT2D eigenvalue weighted by Gasteiger charge is -2.10. The van der Waals surface area contributed by atoms with Gasteiger partial charge in [0, 0.05) is 16.3 Å². The lowest BCUT2D eigenvalue weighted by atomic mass is 10.2. The van der Waals surface area contributed by atoms with E-state index in [9.17, 15) is 13.2 Å². The van der Waals surface area contributed by atoms with Gasteiger partial charge in [-0.1, -0.05) is 35.9 Å². The highest BCUT2D eigenvalue weighted by atomic mass is 32.2. The number of hydrogen-bond acceptors (Lipinski definition) is 4. The fourth-order valence-corrected chi connectivity index (χ4v) is 4.19. The SMILES string of the molecule is Cc1ccc(S(=O)(=O)Nc2ccc(NC(=O)CSc3ccccc3)cc2)cc1. The Balaban J connectivity index is 1.57. The number of carbonyl (C=O) groups excluding carboxylic acids is 1. The Bertz CT molecular complexity index is 1030. The van der Waals surface area contributed by atoms with Crippen molar-refractivity contribution in [2.24, 2.45) is 0 Å². The molecule has 0 saturated carbocycles. The Labute approximate surface area is 169 Å². The third-order valence-corrected chi connectivity index (χ3v) is 6.27. The highest BCUT2D eigenvalue weighted by molar-refractivity contribution is 8.00. The molecule has 0 bridgehead atoms. The van der Waals surface area contributed by atoms with Crippen molar-refractivity contribution < 1.29 is 13.2 Å². The number of aryl methyl sites for hydroxylation is 1. The van der Waals surface area contributed by atoms with Crippen LogP contribution in [0.4, 0.5) is 11.4 Å². The molecule has 0 aliphatic heterocycles. The van der Waals surface area contributed by atoms with Crippen LogP contribution in [-0.4, -0.2) is 20.1 Å². The molecule has 3 aromatic carbocycles. The van der Waals surface area contributed by atoms with Crippen LogP contribution in [0.2, 0.25) is 0 Å². The normalized spacial score (nSPS) is 11.0. The molecule has 1 amide bonds. The first-order chi connectivity index (χ1) is 13.4. The zero-order chi connectivity index (χ0) is 20.0. The molecule has 3 aromatic rings. The largest absolute Gasteiger partial charge is 0.325 e. The Morgan fingerprint density at radius 1 is 0.857 bits per heavy atom. The summed E-state index contributed by atoms with van der Waals surface area (Å²) in [7, 11) is -3.65. The molecule has 3 rings (SSSR count). The van der Waals surface area contributed by atoms with Crippen LogP contribution in [0.5, 0.6) is 0 Å². The molecule has 2 N–H and O–H groups in total. The standard InChI is InChI=1S/C21H20N2O3S2/c1-16-7-13-20(14-8-16)28(25,26)23-18-11-9-17(10-12-18)22-21(24)15-27-19-5-3-2-4-6-19/h2-14,23H,15H2,1H3,(H,22,24). The fourth-order valence-electron chi connectivity index (χ4n) is 2.42. The number of amides is 1. The minimum absolute atomic E-state index is 0.123. The summed E-state index contributed by atoms with van der Waals surface area (Å²) in [5.41, 5.74) is 2.03. The molecule has 144 valence electrons. The van der Waals surface area contributed by atoms with Crippen LogP contribution >= 0.6 is 11.8 Å². The van der Waals surface area contributed by atoms with E-state index < -0.39 is 10.0 Å². The van der Waals surface area contributed by atoms with Gasteiger partial charge in [0.25, 0.3) is 10.0 Å². The number of hydrogen-bond donors (Lipinski definition) is 2. The van der Waals surface area contributed by atoms with Gasteiger partial charge in [-0.15, -0.1) is 11.8 Å². The van der Waals surface area contributed by atoms with Crippen LogP contribution in [0.15, 0.2) is 88.7 Å². The Kier molecular flexibility index (Phi) is 6.38. The molecular formula is C21H20N2O3S2. The van der Waals surface area contributed by atoms with E-state index in [-0.39, 0.29) is 10.8 Å². The second-order valence-corrected chi connectivity index (χ2v) is 8.88. The number of nitrogens with one attached hydrogen (secondary N) is 2. The molecular weight excluding hydrogens is 392 g/mol. The number of carbonyl (C=O) groups is 1. The Morgan fingerprint density at radius 3 is 2.11 bits per heavy atom. The van der Waals surface area contributed by atoms with Gasteiger partial charge in [0.1, 0.15) is 0 Å². The van der Waals surface area contributed by atoms with Crippen LogP contribution in [0, 0.1) is 6.92 Å². The van der Waals surface area contributed by atoms with Gasteiger partial charge in [-0.05, 0) is 55.5 Å². The van der Waals surface area contributed by atoms with E-state index in [4.69, 9.17) is 0 Å². The van der Waals surface area contributed by atoms with Crippen LogP contribution in [0.25, 0.3) is 0 Å². The van der Waals surface area contributed by atoms with E-state index in [0.717, 1.165) is 10.5 Å². The van der Waals surface area contributed by atoms with Crippen LogP contribution in [-0.2, 0) is 14.8 Å². The summed E-state index contributed by atoms with van der Waals surface area (Å²) in [6.45, 7) is 1.90. The van der Waals surface area contributed by atoms with Crippen molar-refractivity contribution in [2.45, 2.75) is 16.7 Å². The summed E-state index contributed by atoms with van der Waals surface area (Å²) in [6, 6.07) is 22.9. The molecule has 28 heavy (non-hydrogen) atoms. The number of sulfonamides is 1. The number of anilines is 2. The summed E-state index contributed by atoms with van der Waals surface area (Å²) in [5, 5.41) is 2.80. The predicted molar refractivity (Wildman–Crippen MR) is 114 cm³/mol. The van der Waals surface area contributed by atoms with Crippen molar-refractivity contribution >= 4 is 39.1 Å². The summed E-state index contributed by atoms with van der Waals surface area (Å²) in [5.74, 6) is 0.174. The number of rotatable bonds is 7. The van der Waals surface area contributed by atoms with Gasteiger partial charge < -0.3 is 5.32 Å². The molecule has 0 aliphatic carbocycles. The topological polar surface area (TPSA) is 75.3 Å².